The normalized spacial score (nSPS) is 13.3. The molecule has 0 aromatic heterocycles. The number of nitrogens with two attached hydrogens (primary N) is 1. The van der Waals surface area contributed by atoms with E-state index in [-0.39, 0.29) is 24.0 Å². The Morgan fingerprint density at radius 3 is 2.85 bits per heavy atom. The number of anilines is 1. The monoisotopic (exact) mass is 387 g/mol. The maximum atomic E-state index is 5.75. The maximum absolute atomic E-state index is 5.75. The molecule has 0 amide bonds. The maximum Gasteiger partial charge on any atom is 0.194 e. The molecule has 2 rings (SSSR count). The SMILES string of the molecule is CC#CCN=C(N)Nc1ccc2c(c1)OCCCO2.I. The Kier molecular flexibility index (Phi) is 7.01. The largest absolute Gasteiger partial charge is 0.490 e. The number of fused-ring (bicyclic) bond motifs is 1. The first-order chi connectivity index (χ1) is 9.29. The van der Waals surface area contributed by atoms with Crippen molar-refractivity contribution in [1.82, 2.24) is 0 Å². The van der Waals surface area contributed by atoms with Crippen molar-refractivity contribution < 1.29 is 9.47 Å². The minimum Gasteiger partial charge on any atom is -0.490 e. The minimum atomic E-state index is 0. The number of benzene rings is 1. The predicted octanol–water partition coefficient (Wildman–Crippen LogP) is 2.22. The van der Waals surface area contributed by atoms with Gasteiger partial charge in [-0.05, 0) is 19.1 Å². The molecule has 1 aliphatic rings. The molecule has 1 aromatic carbocycles. The van der Waals surface area contributed by atoms with Gasteiger partial charge in [0.15, 0.2) is 17.5 Å². The second-order valence-electron chi connectivity index (χ2n) is 3.97. The summed E-state index contributed by atoms with van der Waals surface area (Å²) in [5.41, 5.74) is 6.57. The van der Waals surface area contributed by atoms with Gasteiger partial charge in [-0.2, -0.15) is 0 Å². The smallest absolute Gasteiger partial charge is 0.194 e. The molecule has 0 radical (unpaired) electrons. The van der Waals surface area contributed by atoms with E-state index in [2.05, 4.69) is 22.2 Å². The number of hydrogen-bond donors (Lipinski definition) is 2. The third-order valence-corrected chi connectivity index (χ3v) is 2.53. The summed E-state index contributed by atoms with van der Waals surface area (Å²) in [4.78, 5) is 4.08. The summed E-state index contributed by atoms with van der Waals surface area (Å²) in [5.74, 6) is 7.39. The van der Waals surface area contributed by atoms with Crippen LogP contribution in [0.4, 0.5) is 5.69 Å². The molecular formula is C14H18IN3O2. The van der Waals surface area contributed by atoms with Crippen LogP contribution in [0.1, 0.15) is 13.3 Å². The third-order valence-electron chi connectivity index (χ3n) is 2.53. The van der Waals surface area contributed by atoms with Crippen LogP contribution in [0.25, 0.3) is 0 Å². The van der Waals surface area contributed by atoms with Crippen molar-refractivity contribution in [1.29, 1.82) is 0 Å². The van der Waals surface area contributed by atoms with Crippen molar-refractivity contribution in [3.63, 3.8) is 0 Å². The Labute approximate surface area is 136 Å². The van der Waals surface area contributed by atoms with Crippen LogP contribution in [0.5, 0.6) is 11.5 Å². The van der Waals surface area contributed by atoms with Crippen LogP contribution >= 0.6 is 24.0 Å². The first kappa shape index (κ1) is 16.4. The fraction of sp³-hybridized carbons (Fsp3) is 0.357. The predicted molar refractivity (Wildman–Crippen MR) is 91.0 cm³/mol. The zero-order chi connectivity index (χ0) is 13.5. The Balaban J connectivity index is 0.00000200. The lowest BCUT2D eigenvalue weighted by molar-refractivity contribution is 0.297. The Morgan fingerprint density at radius 2 is 2.10 bits per heavy atom. The summed E-state index contributed by atoms with van der Waals surface area (Å²) in [6.07, 6.45) is 0.886. The molecule has 0 saturated carbocycles. The lowest BCUT2D eigenvalue weighted by atomic mass is 10.3. The van der Waals surface area contributed by atoms with Gasteiger partial charge in [-0.1, -0.05) is 5.92 Å². The highest BCUT2D eigenvalue weighted by Gasteiger charge is 2.10. The van der Waals surface area contributed by atoms with Crippen LogP contribution < -0.4 is 20.5 Å². The molecule has 0 spiro atoms. The fourth-order valence-electron chi connectivity index (χ4n) is 1.63. The van der Waals surface area contributed by atoms with E-state index in [1.165, 1.54) is 0 Å². The molecule has 108 valence electrons. The van der Waals surface area contributed by atoms with Gasteiger partial charge in [0, 0.05) is 18.2 Å². The standard InChI is InChI=1S/C14H17N3O2.HI/c1-2-3-7-16-14(15)17-11-5-6-12-13(10-11)19-9-4-8-18-12;/h5-6,10H,4,7-9H2,1H3,(H3,15,16,17);1H. The number of nitrogens with zero attached hydrogens (tertiary/aromatic N) is 1. The van der Waals surface area contributed by atoms with Crippen molar-refractivity contribution in [2.75, 3.05) is 25.1 Å². The van der Waals surface area contributed by atoms with Crippen LogP contribution in [0.15, 0.2) is 23.2 Å². The van der Waals surface area contributed by atoms with E-state index in [1.54, 1.807) is 6.92 Å². The van der Waals surface area contributed by atoms with Crippen molar-refractivity contribution in [2.24, 2.45) is 10.7 Å². The molecule has 1 aliphatic heterocycles. The average Bonchev–Trinajstić information content (AvgIpc) is 2.63. The molecular weight excluding hydrogens is 369 g/mol. The molecule has 0 bridgehead atoms. The van der Waals surface area contributed by atoms with Crippen LogP contribution in [-0.4, -0.2) is 25.7 Å². The summed E-state index contributed by atoms with van der Waals surface area (Å²) < 4.78 is 11.2. The number of hydrogen-bond acceptors (Lipinski definition) is 3. The average molecular weight is 387 g/mol. The summed E-state index contributed by atoms with van der Waals surface area (Å²) in [7, 11) is 0. The number of rotatable bonds is 2. The number of nitrogens with one attached hydrogen (secondary N) is 1. The van der Waals surface area contributed by atoms with Gasteiger partial charge < -0.3 is 20.5 Å². The van der Waals surface area contributed by atoms with E-state index >= 15 is 0 Å². The Morgan fingerprint density at radius 1 is 1.35 bits per heavy atom. The van der Waals surface area contributed by atoms with E-state index in [0.717, 1.165) is 23.6 Å². The second kappa shape index (κ2) is 8.53. The molecule has 20 heavy (non-hydrogen) atoms. The number of halogens is 1. The van der Waals surface area contributed by atoms with E-state index in [1.807, 2.05) is 18.2 Å². The fourth-order valence-corrected chi connectivity index (χ4v) is 1.63. The highest BCUT2D eigenvalue weighted by Crippen LogP contribution is 2.32. The summed E-state index contributed by atoms with van der Waals surface area (Å²) in [6.45, 7) is 3.49. The zero-order valence-electron chi connectivity index (χ0n) is 11.3. The molecule has 0 aliphatic carbocycles. The molecule has 3 N–H and O–H groups in total. The molecule has 6 heteroatoms. The molecule has 1 aromatic rings. The molecule has 1 heterocycles. The van der Waals surface area contributed by atoms with Gasteiger partial charge in [-0.25, -0.2) is 4.99 Å². The lowest BCUT2D eigenvalue weighted by Gasteiger charge is -2.10. The van der Waals surface area contributed by atoms with E-state index < -0.39 is 0 Å². The molecule has 0 atom stereocenters. The van der Waals surface area contributed by atoms with E-state index in [9.17, 15) is 0 Å². The number of guanidine groups is 1. The van der Waals surface area contributed by atoms with Crippen LogP contribution in [-0.2, 0) is 0 Å². The quantitative estimate of drug-likeness (QED) is 0.354. The van der Waals surface area contributed by atoms with Gasteiger partial charge in [0.05, 0.1) is 13.2 Å². The molecule has 0 unspecified atom stereocenters. The van der Waals surface area contributed by atoms with Crippen molar-refractivity contribution in [3.05, 3.63) is 18.2 Å². The summed E-state index contributed by atoms with van der Waals surface area (Å²) in [6, 6.07) is 5.60. The van der Waals surface area contributed by atoms with Gasteiger partial charge in [0.1, 0.15) is 6.54 Å². The van der Waals surface area contributed by atoms with Crippen molar-refractivity contribution >= 4 is 35.6 Å². The number of ether oxygens (including phenoxy) is 2. The Hall–Kier alpha value is -1.62. The third kappa shape index (κ3) is 4.81. The van der Waals surface area contributed by atoms with Crippen molar-refractivity contribution in [2.45, 2.75) is 13.3 Å². The van der Waals surface area contributed by atoms with Gasteiger partial charge >= 0.3 is 0 Å². The van der Waals surface area contributed by atoms with Gasteiger partial charge in [0.2, 0.25) is 0 Å². The summed E-state index contributed by atoms with van der Waals surface area (Å²) in [5, 5.41) is 3.00. The topological polar surface area (TPSA) is 68.9 Å². The molecule has 0 saturated heterocycles. The van der Waals surface area contributed by atoms with Crippen LogP contribution in [0.3, 0.4) is 0 Å². The van der Waals surface area contributed by atoms with Crippen LogP contribution in [0.2, 0.25) is 0 Å². The highest BCUT2D eigenvalue weighted by atomic mass is 127. The van der Waals surface area contributed by atoms with Crippen molar-refractivity contribution in [3.8, 4) is 23.3 Å². The first-order valence-corrected chi connectivity index (χ1v) is 6.16. The lowest BCUT2D eigenvalue weighted by Crippen LogP contribution is -2.22. The molecule has 0 fully saturated rings. The van der Waals surface area contributed by atoms with Gasteiger partial charge in [-0.3, -0.25) is 0 Å². The zero-order valence-corrected chi connectivity index (χ0v) is 13.6. The highest BCUT2D eigenvalue weighted by molar-refractivity contribution is 14.0. The molecule has 5 nitrogen and oxygen atoms in total. The van der Waals surface area contributed by atoms with E-state index in [0.29, 0.717) is 25.7 Å². The minimum absolute atomic E-state index is 0. The number of aliphatic imine (C=N–C) groups is 1. The van der Waals surface area contributed by atoms with Gasteiger partial charge in [0.25, 0.3) is 0 Å². The van der Waals surface area contributed by atoms with Crippen LogP contribution in [0, 0.1) is 11.8 Å². The van der Waals surface area contributed by atoms with E-state index in [4.69, 9.17) is 15.2 Å². The Bertz CT molecular complexity index is 535. The first-order valence-electron chi connectivity index (χ1n) is 6.16. The van der Waals surface area contributed by atoms with Gasteiger partial charge in [-0.15, -0.1) is 29.9 Å². The second-order valence-corrected chi connectivity index (χ2v) is 3.97. The summed E-state index contributed by atoms with van der Waals surface area (Å²) >= 11 is 0.